The Morgan fingerprint density at radius 1 is 1.24 bits per heavy atom. The Kier molecular flexibility index (Phi) is 4.76. The van der Waals surface area contributed by atoms with Gasteiger partial charge in [-0.15, -0.1) is 0 Å². The molecule has 21 heavy (non-hydrogen) atoms. The molecule has 0 bridgehead atoms. The summed E-state index contributed by atoms with van der Waals surface area (Å²) >= 11 is 0. The molecule has 1 aliphatic carbocycles. The lowest BCUT2D eigenvalue weighted by molar-refractivity contribution is 0.189. The molecule has 2 fully saturated rings. The summed E-state index contributed by atoms with van der Waals surface area (Å²) in [7, 11) is 4.00. The van der Waals surface area contributed by atoms with Gasteiger partial charge < -0.3 is 14.5 Å². The van der Waals surface area contributed by atoms with Crippen molar-refractivity contribution in [1.82, 2.24) is 9.88 Å². The standard InChI is InChI=1S/C17H27N3O/c1-19-5-3-6-20(8-7-19)16-10-15(12-18-13-16)17-11-14(17)4-9-21-2/h10,12-14,17H,3-9,11H2,1-2H3/t14-,17-/m0/s1. The van der Waals surface area contributed by atoms with Gasteiger partial charge in [0.05, 0.1) is 11.9 Å². The molecule has 1 saturated carbocycles. The Labute approximate surface area is 128 Å². The van der Waals surface area contributed by atoms with Crippen molar-refractivity contribution in [3.05, 3.63) is 24.0 Å². The second kappa shape index (κ2) is 6.75. The minimum Gasteiger partial charge on any atom is -0.385 e. The number of likely N-dealkylation sites (N-methyl/N-ethyl adjacent to an activating group) is 1. The van der Waals surface area contributed by atoms with Crippen LogP contribution >= 0.6 is 0 Å². The zero-order chi connectivity index (χ0) is 14.7. The van der Waals surface area contributed by atoms with Gasteiger partial charge in [0, 0.05) is 39.5 Å². The summed E-state index contributed by atoms with van der Waals surface area (Å²) in [5.41, 5.74) is 2.73. The van der Waals surface area contributed by atoms with Crippen LogP contribution in [0.2, 0.25) is 0 Å². The minimum absolute atomic E-state index is 0.710. The highest BCUT2D eigenvalue weighted by Gasteiger charge is 2.38. The summed E-state index contributed by atoms with van der Waals surface area (Å²) in [6.07, 6.45) is 7.81. The average molecular weight is 289 g/mol. The predicted octanol–water partition coefficient (Wildman–Crippen LogP) is 2.36. The zero-order valence-corrected chi connectivity index (χ0v) is 13.3. The van der Waals surface area contributed by atoms with Gasteiger partial charge in [0.25, 0.3) is 0 Å². The molecule has 116 valence electrons. The van der Waals surface area contributed by atoms with Gasteiger partial charge in [-0.2, -0.15) is 0 Å². The van der Waals surface area contributed by atoms with Gasteiger partial charge in [-0.1, -0.05) is 0 Å². The smallest absolute Gasteiger partial charge is 0.0556 e. The Bertz CT molecular complexity index is 465. The van der Waals surface area contributed by atoms with Crippen molar-refractivity contribution in [2.24, 2.45) is 5.92 Å². The van der Waals surface area contributed by atoms with Crippen LogP contribution in [-0.2, 0) is 4.74 Å². The third-order valence-electron chi connectivity index (χ3n) is 4.87. The van der Waals surface area contributed by atoms with Crippen LogP contribution in [0.3, 0.4) is 0 Å². The summed E-state index contributed by atoms with van der Waals surface area (Å²) in [4.78, 5) is 9.41. The molecule has 1 aromatic heterocycles. The molecule has 0 unspecified atom stereocenters. The highest BCUT2D eigenvalue weighted by atomic mass is 16.5. The Hall–Kier alpha value is -1.13. The summed E-state index contributed by atoms with van der Waals surface area (Å²) in [5, 5.41) is 0. The molecule has 1 aliphatic heterocycles. The number of aromatic nitrogens is 1. The fourth-order valence-corrected chi connectivity index (χ4v) is 3.37. The van der Waals surface area contributed by atoms with E-state index in [0.717, 1.165) is 32.2 Å². The molecular formula is C17H27N3O. The molecule has 2 heterocycles. The number of methoxy groups -OCH3 is 1. The van der Waals surface area contributed by atoms with Crippen molar-refractivity contribution in [2.45, 2.75) is 25.2 Å². The highest BCUT2D eigenvalue weighted by Crippen LogP contribution is 2.49. The van der Waals surface area contributed by atoms with Crippen LogP contribution in [0.5, 0.6) is 0 Å². The van der Waals surface area contributed by atoms with Crippen molar-refractivity contribution >= 4 is 5.69 Å². The maximum absolute atomic E-state index is 5.19. The van der Waals surface area contributed by atoms with Crippen molar-refractivity contribution in [3.63, 3.8) is 0 Å². The van der Waals surface area contributed by atoms with E-state index in [1.54, 1.807) is 7.11 Å². The van der Waals surface area contributed by atoms with Crippen LogP contribution < -0.4 is 4.90 Å². The number of nitrogens with zero attached hydrogens (tertiary/aromatic N) is 3. The summed E-state index contributed by atoms with van der Waals surface area (Å²) in [5.74, 6) is 1.51. The third kappa shape index (κ3) is 3.74. The predicted molar refractivity (Wildman–Crippen MR) is 85.9 cm³/mol. The molecule has 2 aliphatic rings. The minimum atomic E-state index is 0.710. The number of ether oxygens (including phenoxy) is 1. The maximum atomic E-state index is 5.19. The van der Waals surface area contributed by atoms with E-state index in [9.17, 15) is 0 Å². The van der Waals surface area contributed by atoms with Gasteiger partial charge in [-0.25, -0.2) is 0 Å². The fraction of sp³-hybridized carbons (Fsp3) is 0.706. The monoisotopic (exact) mass is 289 g/mol. The average Bonchev–Trinajstić information content (AvgIpc) is 3.29. The van der Waals surface area contributed by atoms with Crippen LogP contribution in [0.25, 0.3) is 0 Å². The molecule has 0 radical (unpaired) electrons. The summed E-state index contributed by atoms with van der Waals surface area (Å²) in [6.45, 7) is 5.48. The van der Waals surface area contributed by atoms with Crippen molar-refractivity contribution < 1.29 is 4.74 Å². The number of hydrogen-bond donors (Lipinski definition) is 0. The molecule has 0 amide bonds. The van der Waals surface area contributed by atoms with Crippen molar-refractivity contribution in [2.75, 3.05) is 51.8 Å². The Balaban J connectivity index is 1.63. The lowest BCUT2D eigenvalue weighted by Gasteiger charge is -2.23. The number of rotatable bonds is 5. The van der Waals surface area contributed by atoms with E-state index < -0.39 is 0 Å². The first kappa shape index (κ1) is 14.8. The van der Waals surface area contributed by atoms with Gasteiger partial charge in [-0.05, 0) is 56.3 Å². The lowest BCUT2D eigenvalue weighted by atomic mass is 10.1. The van der Waals surface area contributed by atoms with Crippen LogP contribution in [0.4, 0.5) is 5.69 Å². The highest BCUT2D eigenvalue weighted by molar-refractivity contribution is 5.48. The first-order valence-corrected chi connectivity index (χ1v) is 8.15. The quantitative estimate of drug-likeness (QED) is 0.832. The van der Waals surface area contributed by atoms with Gasteiger partial charge in [0.1, 0.15) is 0 Å². The van der Waals surface area contributed by atoms with Gasteiger partial charge in [0.15, 0.2) is 0 Å². The SMILES string of the molecule is COCC[C@H]1C[C@@H]1c1cncc(N2CCCN(C)CC2)c1. The number of anilines is 1. The van der Waals surface area contributed by atoms with E-state index in [2.05, 4.69) is 34.1 Å². The van der Waals surface area contributed by atoms with Gasteiger partial charge in [-0.3, -0.25) is 4.98 Å². The molecule has 0 N–H and O–H groups in total. The molecular weight excluding hydrogens is 262 g/mol. The molecule has 4 heteroatoms. The summed E-state index contributed by atoms with van der Waals surface area (Å²) in [6, 6.07) is 2.37. The molecule has 1 saturated heterocycles. The van der Waals surface area contributed by atoms with Crippen LogP contribution in [0, 0.1) is 5.92 Å². The molecule has 1 aromatic rings. The number of hydrogen-bond acceptors (Lipinski definition) is 4. The summed E-state index contributed by atoms with van der Waals surface area (Å²) < 4.78 is 5.19. The topological polar surface area (TPSA) is 28.6 Å². The van der Waals surface area contributed by atoms with E-state index >= 15 is 0 Å². The molecule has 2 atom stereocenters. The van der Waals surface area contributed by atoms with Gasteiger partial charge in [0.2, 0.25) is 0 Å². The zero-order valence-electron chi connectivity index (χ0n) is 13.3. The van der Waals surface area contributed by atoms with E-state index in [4.69, 9.17) is 4.74 Å². The van der Waals surface area contributed by atoms with Crippen molar-refractivity contribution in [3.8, 4) is 0 Å². The number of pyridine rings is 1. The van der Waals surface area contributed by atoms with E-state index in [1.165, 1.54) is 37.1 Å². The van der Waals surface area contributed by atoms with Crippen LogP contribution in [-0.4, -0.2) is 56.8 Å². The largest absolute Gasteiger partial charge is 0.385 e. The van der Waals surface area contributed by atoms with E-state index in [-0.39, 0.29) is 0 Å². The Morgan fingerprint density at radius 3 is 3.00 bits per heavy atom. The Morgan fingerprint density at radius 2 is 2.14 bits per heavy atom. The second-order valence-electron chi connectivity index (χ2n) is 6.50. The second-order valence-corrected chi connectivity index (χ2v) is 6.50. The maximum Gasteiger partial charge on any atom is 0.0556 e. The first-order chi connectivity index (χ1) is 10.3. The molecule has 3 rings (SSSR count). The van der Waals surface area contributed by atoms with Crippen LogP contribution in [0.15, 0.2) is 18.5 Å². The molecule has 4 nitrogen and oxygen atoms in total. The van der Waals surface area contributed by atoms with E-state index in [0.29, 0.717) is 5.92 Å². The molecule has 0 aromatic carbocycles. The lowest BCUT2D eigenvalue weighted by Crippen LogP contribution is -2.28. The van der Waals surface area contributed by atoms with Gasteiger partial charge >= 0.3 is 0 Å². The molecule has 0 spiro atoms. The van der Waals surface area contributed by atoms with Crippen molar-refractivity contribution in [1.29, 1.82) is 0 Å². The fourth-order valence-electron chi connectivity index (χ4n) is 3.37. The third-order valence-corrected chi connectivity index (χ3v) is 4.87. The normalized spacial score (nSPS) is 26.7. The first-order valence-electron chi connectivity index (χ1n) is 8.15. The van der Waals surface area contributed by atoms with E-state index in [1.807, 2.05) is 6.20 Å². The van der Waals surface area contributed by atoms with Crippen LogP contribution in [0.1, 0.15) is 30.7 Å².